The molecule has 7 heteroatoms. The van der Waals surface area contributed by atoms with Crippen molar-refractivity contribution in [3.05, 3.63) is 18.0 Å². The number of aromatic nitrogens is 1. The average Bonchev–Trinajstić information content (AvgIpc) is 2.92. The van der Waals surface area contributed by atoms with Gasteiger partial charge < -0.3 is 15.0 Å². The summed E-state index contributed by atoms with van der Waals surface area (Å²) in [6.07, 6.45) is 3.17. The van der Waals surface area contributed by atoms with Crippen LogP contribution >= 0.6 is 0 Å². The highest BCUT2D eigenvalue weighted by atomic mass is 32.2. The summed E-state index contributed by atoms with van der Waals surface area (Å²) in [5.74, 6) is 0. The lowest BCUT2D eigenvalue weighted by Gasteiger charge is -2.30. The SMILES string of the molecule is CC(C)n1cc(S(=O)(=O)N(C)C2CCOCC2)cc1CN. The molecule has 0 bridgehead atoms. The largest absolute Gasteiger partial charge is 0.381 e. The molecule has 1 aromatic heterocycles. The molecule has 0 atom stereocenters. The van der Waals surface area contributed by atoms with Crippen molar-refractivity contribution in [2.45, 2.75) is 50.2 Å². The summed E-state index contributed by atoms with van der Waals surface area (Å²) < 4.78 is 34.2. The van der Waals surface area contributed by atoms with Gasteiger partial charge in [-0.3, -0.25) is 0 Å². The van der Waals surface area contributed by atoms with E-state index in [1.807, 2.05) is 18.4 Å². The normalized spacial score (nSPS) is 17.8. The molecule has 1 aromatic rings. The summed E-state index contributed by atoms with van der Waals surface area (Å²) in [4.78, 5) is 0.325. The molecule has 0 aliphatic carbocycles. The topological polar surface area (TPSA) is 77.6 Å². The molecule has 0 aromatic carbocycles. The van der Waals surface area contributed by atoms with E-state index in [0.717, 1.165) is 18.5 Å². The fourth-order valence-corrected chi connectivity index (χ4v) is 4.16. The minimum atomic E-state index is -3.48. The van der Waals surface area contributed by atoms with Crippen LogP contribution < -0.4 is 5.73 Å². The number of sulfonamides is 1. The molecule has 1 aliphatic rings. The molecular weight excluding hydrogens is 290 g/mol. The molecule has 2 rings (SSSR count). The van der Waals surface area contributed by atoms with Crippen molar-refractivity contribution in [3.8, 4) is 0 Å². The van der Waals surface area contributed by atoms with E-state index in [4.69, 9.17) is 10.5 Å². The summed E-state index contributed by atoms with van der Waals surface area (Å²) >= 11 is 0. The molecule has 0 saturated carbocycles. The third-order valence-corrected chi connectivity index (χ3v) is 5.93. The van der Waals surface area contributed by atoms with Gasteiger partial charge in [-0.15, -0.1) is 0 Å². The molecule has 6 nitrogen and oxygen atoms in total. The molecule has 1 aliphatic heterocycles. The maximum Gasteiger partial charge on any atom is 0.244 e. The molecule has 0 spiro atoms. The first-order valence-corrected chi connectivity index (χ1v) is 8.78. The van der Waals surface area contributed by atoms with Gasteiger partial charge in [0, 0.05) is 50.8 Å². The molecule has 2 heterocycles. The Morgan fingerprint density at radius 2 is 2.05 bits per heavy atom. The summed E-state index contributed by atoms with van der Waals surface area (Å²) in [7, 11) is -1.83. The van der Waals surface area contributed by atoms with Crippen LogP contribution in [0.25, 0.3) is 0 Å². The van der Waals surface area contributed by atoms with Gasteiger partial charge in [0.2, 0.25) is 10.0 Å². The van der Waals surface area contributed by atoms with Crippen LogP contribution in [-0.2, 0) is 21.3 Å². The van der Waals surface area contributed by atoms with Crippen molar-refractivity contribution in [2.75, 3.05) is 20.3 Å². The van der Waals surface area contributed by atoms with Crippen LogP contribution in [0.4, 0.5) is 0 Å². The average molecular weight is 315 g/mol. The predicted molar refractivity (Wildman–Crippen MR) is 81.5 cm³/mol. The molecule has 21 heavy (non-hydrogen) atoms. The van der Waals surface area contributed by atoms with E-state index in [9.17, 15) is 8.42 Å². The van der Waals surface area contributed by atoms with E-state index in [1.165, 1.54) is 4.31 Å². The molecule has 1 saturated heterocycles. The first-order chi connectivity index (χ1) is 9.87. The second-order valence-corrected chi connectivity index (χ2v) is 7.73. The van der Waals surface area contributed by atoms with E-state index >= 15 is 0 Å². The van der Waals surface area contributed by atoms with Crippen molar-refractivity contribution in [1.82, 2.24) is 8.87 Å². The number of rotatable bonds is 5. The van der Waals surface area contributed by atoms with Gasteiger partial charge in [-0.05, 0) is 32.8 Å². The van der Waals surface area contributed by atoms with Gasteiger partial charge in [0.05, 0.1) is 0 Å². The highest BCUT2D eigenvalue weighted by Crippen LogP contribution is 2.25. The van der Waals surface area contributed by atoms with Crippen LogP contribution in [0.2, 0.25) is 0 Å². The maximum atomic E-state index is 12.8. The van der Waals surface area contributed by atoms with E-state index in [-0.39, 0.29) is 12.1 Å². The van der Waals surface area contributed by atoms with Crippen molar-refractivity contribution in [3.63, 3.8) is 0 Å². The predicted octanol–water partition coefficient (Wildman–Crippen LogP) is 1.33. The van der Waals surface area contributed by atoms with Crippen molar-refractivity contribution in [1.29, 1.82) is 0 Å². The fourth-order valence-electron chi connectivity index (χ4n) is 2.69. The van der Waals surface area contributed by atoms with E-state index in [1.54, 1.807) is 19.3 Å². The van der Waals surface area contributed by atoms with Crippen LogP contribution in [0, 0.1) is 0 Å². The molecule has 0 unspecified atom stereocenters. The van der Waals surface area contributed by atoms with Crippen LogP contribution in [-0.4, -0.2) is 43.6 Å². The standard InChI is InChI=1S/C14H25N3O3S/c1-11(2)17-10-14(8-13(17)9-15)21(18,19)16(3)12-4-6-20-7-5-12/h8,10-12H,4-7,9,15H2,1-3H3. The summed E-state index contributed by atoms with van der Waals surface area (Å²) in [6, 6.07) is 1.87. The first kappa shape index (κ1) is 16.5. The van der Waals surface area contributed by atoms with Crippen molar-refractivity contribution in [2.24, 2.45) is 5.73 Å². The number of ether oxygens (including phenoxy) is 1. The summed E-state index contributed by atoms with van der Waals surface area (Å²) in [5, 5.41) is 0. The molecular formula is C14H25N3O3S. The third kappa shape index (κ3) is 3.31. The number of hydrogen-bond donors (Lipinski definition) is 1. The Kier molecular flexibility index (Phi) is 5.08. The zero-order chi connectivity index (χ0) is 15.6. The quantitative estimate of drug-likeness (QED) is 0.889. The lowest BCUT2D eigenvalue weighted by atomic mass is 10.1. The van der Waals surface area contributed by atoms with E-state index < -0.39 is 10.0 Å². The highest BCUT2D eigenvalue weighted by Gasteiger charge is 2.30. The van der Waals surface area contributed by atoms with Crippen molar-refractivity contribution < 1.29 is 13.2 Å². The van der Waals surface area contributed by atoms with Crippen LogP contribution in [0.1, 0.15) is 38.4 Å². The Balaban J connectivity index is 2.30. The third-order valence-electron chi connectivity index (χ3n) is 4.05. The Morgan fingerprint density at radius 3 is 2.52 bits per heavy atom. The fraction of sp³-hybridized carbons (Fsp3) is 0.714. The lowest BCUT2D eigenvalue weighted by molar-refractivity contribution is 0.0632. The molecule has 0 radical (unpaired) electrons. The molecule has 120 valence electrons. The van der Waals surface area contributed by atoms with E-state index in [0.29, 0.717) is 24.7 Å². The Bertz CT molecular complexity index is 574. The van der Waals surface area contributed by atoms with Gasteiger partial charge in [-0.1, -0.05) is 0 Å². The van der Waals surface area contributed by atoms with E-state index in [2.05, 4.69) is 0 Å². The van der Waals surface area contributed by atoms with Gasteiger partial charge in [0.15, 0.2) is 0 Å². The molecule has 2 N–H and O–H groups in total. The van der Waals surface area contributed by atoms with Crippen LogP contribution in [0.15, 0.2) is 17.2 Å². The van der Waals surface area contributed by atoms with Gasteiger partial charge in [0.1, 0.15) is 4.90 Å². The number of nitrogens with two attached hydrogens (primary N) is 1. The molecule has 1 fully saturated rings. The number of hydrogen-bond acceptors (Lipinski definition) is 4. The molecule has 0 amide bonds. The van der Waals surface area contributed by atoms with Crippen LogP contribution in [0.3, 0.4) is 0 Å². The zero-order valence-electron chi connectivity index (χ0n) is 12.9. The second kappa shape index (κ2) is 6.48. The number of nitrogens with zero attached hydrogens (tertiary/aromatic N) is 2. The Morgan fingerprint density at radius 1 is 1.43 bits per heavy atom. The van der Waals surface area contributed by atoms with Gasteiger partial charge in [-0.2, -0.15) is 4.31 Å². The van der Waals surface area contributed by atoms with Gasteiger partial charge >= 0.3 is 0 Å². The lowest BCUT2D eigenvalue weighted by Crippen LogP contribution is -2.40. The monoisotopic (exact) mass is 315 g/mol. The smallest absolute Gasteiger partial charge is 0.244 e. The zero-order valence-corrected chi connectivity index (χ0v) is 13.8. The summed E-state index contributed by atoms with van der Waals surface area (Å²) in [5.41, 5.74) is 6.56. The van der Waals surface area contributed by atoms with Gasteiger partial charge in [0.25, 0.3) is 0 Å². The second-order valence-electron chi connectivity index (χ2n) is 5.74. The van der Waals surface area contributed by atoms with Gasteiger partial charge in [-0.25, -0.2) is 8.42 Å². The van der Waals surface area contributed by atoms with Crippen molar-refractivity contribution >= 4 is 10.0 Å². The first-order valence-electron chi connectivity index (χ1n) is 7.34. The van der Waals surface area contributed by atoms with Crippen LogP contribution in [0.5, 0.6) is 0 Å². The Labute approximate surface area is 126 Å². The Hall–Kier alpha value is -0.890. The summed E-state index contributed by atoms with van der Waals surface area (Å²) in [6.45, 7) is 5.58. The minimum Gasteiger partial charge on any atom is -0.381 e. The highest BCUT2D eigenvalue weighted by molar-refractivity contribution is 7.89. The minimum absolute atomic E-state index is 0.00692. The maximum absolute atomic E-state index is 12.8.